The monoisotopic (exact) mass is 466 g/mol. The zero-order valence-electron chi connectivity index (χ0n) is 19.6. The molecule has 2 N–H and O–H groups in total. The number of ether oxygens (including phenoxy) is 1. The van der Waals surface area contributed by atoms with Crippen LogP contribution in [0.25, 0.3) is 0 Å². The Balaban J connectivity index is 1.87. The van der Waals surface area contributed by atoms with Crippen LogP contribution in [0.4, 0.5) is 0 Å². The van der Waals surface area contributed by atoms with Crippen LogP contribution in [0.2, 0.25) is 0 Å². The summed E-state index contributed by atoms with van der Waals surface area (Å²) in [6.45, 7) is 1.93. The molecule has 3 rings (SSSR count). The molecular formula is C27H34N2O5. The summed E-state index contributed by atoms with van der Waals surface area (Å²) in [4.78, 5) is 38.2. The molecule has 2 aromatic rings. The Kier molecular flexibility index (Phi) is 9.64. The van der Waals surface area contributed by atoms with E-state index in [4.69, 9.17) is 4.74 Å². The molecule has 0 aromatic heterocycles. The molecule has 1 fully saturated rings. The molecule has 7 nitrogen and oxygen atoms in total. The quantitative estimate of drug-likeness (QED) is 0.211. The van der Waals surface area contributed by atoms with Gasteiger partial charge in [0.2, 0.25) is 12.3 Å². The van der Waals surface area contributed by atoms with Crippen LogP contribution in [0.3, 0.4) is 0 Å². The van der Waals surface area contributed by atoms with Gasteiger partial charge >= 0.3 is 5.97 Å². The largest absolute Gasteiger partial charge is 0.461 e. The van der Waals surface area contributed by atoms with Crippen molar-refractivity contribution < 1.29 is 24.3 Å². The van der Waals surface area contributed by atoms with Gasteiger partial charge < -0.3 is 10.1 Å². The maximum absolute atomic E-state index is 13.6. The fraction of sp³-hybridized carbons (Fsp3) is 0.444. The number of nitrogens with zero attached hydrogens (tertiary/aromatic N) is 1. The third kappa shape index (κ3) is 6.90. The number of hydrogen-bond acceptors (Lipinski definition) is 5. The minimum absolute atomic E-state index is 0.133. The number of nitrogens with one attached hydrogen (secondary N) is 1. The molecule has 1 saturated carbocycles. The minimum atomic E-state index is -0.974. The summed E-state index contributed by atoms with van der Waals surface area (Å²) >= 11 is 0. The van der Waals surface area contributed by atoms with Gasteiger partial charge in [-0.1, -0.05) is 74.0 Å². The Hall–Kier alpha value is -3.19. The Morgan fingerprint density at radius 2 is 1.71 bits per heavy atom. The van der Waals surface area contributed by atoms with Crippen LogP contribution in [-0.2, 0) is 25.5 Å². The van der Waals surface area contributed by atoms with E-state index in [1.807, 2.05) is 43.3 Å². The van der Waals surface area contributed by atoms with Gasteiger partial charge in [0.25, 0.3) is 0 Å². The third-order valence-corrected chi connectivity index (χ3v) is 6.37. The zero-order chi connectivity index (χ0) is 24.3. The second kappa shape index (κ2) is 12.9. The first kappa shape index (κ1) is 25.4. The summed E-state index contributed by atoms with van der Waals surface area (Å²) in [5.74, 6) is -1.67. The number of hydrogen-bond donors (Lipinski definition) is 2. The van der Waals surface area contributed by atoms with Crippen molar-refractivity contribution in [3.8, 4) is 0 Å². The van der Waals surface area contributed by atoms with Crippen LogP contribution in [0.15, 0.2) is 60.7 Å². The van der Waals surface area contributed by atoms with Gasteiger partial charge in [0, 0.05) is 0 Å². The van der Waals surface area contributed by atoms with E-state index in [1.165, 1.54) is 0 Å². The summed E-state index contributed by atoms with van der Waals surface area (Å²) in [5, 5.41) is 13.7. The molecule has 0 bridgehead atoms. The van der Waals surface area contributed by atoms with E-state index in [2.05, 4.69) is 5.32 Å². The predicted octanol–water partition coefficient (Wildman–Crippen LogP) is 4.20. The maximum Gasteiger partial charge on any atom is 0.333 e. The highest BCUT2D eigenvalue weighted by atomic mass is 16.5. The smallest absolute Gasteiger partial charge is 0.333 e. The van der Waals surface area contributed by atoms with Gasteiger partial charge in [0.15, 0.2) is 6.04 Å². The van der Waals surface area contributed by atoms with E-state index in [0.29, 0.717) is 36.3 Å². The summed E-state index contributed by atoms with van der Waals surface area (Å²) in [7, 11) is 0. The number of esters is 1. The van der Waals surface area contributed by atoms with Crippen LogP contribution in [0.1, 0.15) is 62.6 Å². The molecule has 1 aliphatic carbocycles. The number of rotatable bonds is 12. The molecule has 0 radical (unpaired) electrons. The number of benzene rings is 2. The minimum Gasteiger partial charge on any atom is -0.461 e. The van der Waals surface area contributed by atoms with E-state index < -0.39 is 29.9 Å². The first-order valence-electron chi connectivity index (χ1n) is 12.1. The van der Waals surface area contributed by atoms with Gasteiger partial charge in [-0.3, -0.25) is 14.8 Å². The topological polar surface area (TPSA) is 95.9 Å². The average Bonchev–Trinajstić information content (AvgIpc) is 3.38. The summed E-state index contributed by atoms with van der Waals surface area (Å²) in [6, 6.07) is 16.7. The van der Waals surface area contributed by atoms with Gasteiger partial charge in [0.1, 0.15) is 6.10 Å². The van der Waals surface area contributed by atoms with E-state index in [9.17, 15) is 19.6 Å². The zero-order valence-corrected chi connectivity index (χ0v) is 19.6. The van der Waals surface area contributed by atoms with Gasteiger partial charge in [-0.25, -0.2) is 9.86 Å². The first-order valence-corrected chi connectivity index (χ1v) is 12.1. The van der Waals surface area contributed by atoms with Gasteiger partial charge in [-0.15, -0.1) is 0 Å². The molecular weight excluding hydrogens is 432 g/mol. The lowest BCUT2D eigenvalue weighted by Gasteiger charge is -2.31. The van der Waals surface area contributed by atoms with Crippen molar-refractivity contribution >= 4 is 18.3 Å². The van der Waals surface area contributed by atoms with Crippen molar-refractivity contribution in [1.29, 1.82) is 0 Å². The van der Waals surface area contributed by atoms with Crippen molar-refractivity contribution in [1.82, 2.24) is 10.4 Å². The summed E-state index contributed by atoms with van der Waals surface area (Å²) < 4.78 is 5.73. The number of carbonyl (C=O) groups excluding carboxylic acids is 3. The second-order valence-electron chi connectivity index (χ2n) is 8.83. The van der Waals surface area contributed by atoms with Crippen molar-refractivity contribution in [2.45, 2.75) is 70.1 Å². The lowest BCUT2D eigenvalue weighted by Crippen LogP contribution is -2.48. The second-order valence-corrected chi connectivity index (χ2v) is 8.83. The molecule has 34 heavy (non-hydrogen) atoms. The van der Waals surface area contributed by atoms with Gasteiger partial charge in [-0.05, 0) is 49.7 Å². The number of amides is 2. The third-order valence-electron chi connectivity index (χ3n) is 6.37. The highest BCUT2D eigenvalue weighted by molar-refractivity contribution is 5.87. The van der Waals surface area contributed by atoms with Crippen LogP contribution in [0, 0.1) is 5.92 Å². The molecule has 3 unspecified atom stereocenters. The molecule has 0 saturated heterocycles. The fourth-order valence-corrected chi connectivity index (χ4v) is 4.57. The molecule has 2 aromatic carbocycles. The molecule has 1 aliphatic rings. The Morgan fingerprint density at radius 1 is 1.09 bits per heavy atom. The number of hydroxylamine groups is 2. The molecule has 2 amide bonds. The Morgan fingerprint density at radius 3 is 2.29 bits per heavy atom. The molecule has 0 heterocycles. The highest BCUT2D eigenvalue weighted by Crippen LogP contribution is 2.26. The van der Waals surface area contributed by atoms with Crippen molar-refractivity contribution in [3.63, 3.8) is 0 Å². The van der Waals surface area contributed by atoms with Gasteiger partial charge in [0.05, 0.1) is 12.0 Å². The maximum atomic E-state index is 13.6. The lowest BCUT2D eigenvalue weighted by atomic mass is 9.88. The van der Waals surface area contributed by atoms with Crippen LogP contribution in [-0.4, -0.2) is 40.7 Å². The SMILES string of the molecule is CCCC(C(Cc1ccccc1)C(=O)NC(C(=O)OC1CCCC1)c1ccccc1)N(O)C=O. The van der Waals surface area contributed by atoms with E-state index in [-0.39, 0.29) is 6.10 Å². The molecule has 0 spiro atoms. The van der Waals surface area contributed by atoms with Gasteiger partial charge in [-0.2, -0.15) is 0 Å². The van der Waals surface area contributed by atoms with E-state index in [0.717, 1.165) is 31.2 Å². The molecule has 0 aliphatic heterocycles. The van der Waals surface area contributed by atoms with Crippen molar-refractivity contribution in [2.24, 2.45) is 5.92 Å². The van der Waals surface area contributed by atoms with Crippen molar-refractivity contribution in [3.05, 3.63) is 71.8 Å². The molecule has 182 valence electrons. The summed E-state index contributed by atoms with van der Waals surface area (Å²) in [5.41, 5.74) is 1.52. The Labute approximate surface area is 201 Å². The summed E-state index contributed by atoms with van der Waals surface area (Å²) in [6.07, 6.45) is 5.31. The van der Waals surface area contributed by atoms with Crippen LogP contribution >= 0.6 is 0 Å². The number of carbonyl (C=O) groups is 3. The normalized spacial score (nSPS) is 16.3. The first-order chi connectivity index (χ1) is 16.5. The molecule has 3 atom stereocenters. The van der Waals surface area contributed by atoms with Crippen LogP contribution < -0.4 is 5.32 Å². The fourth-order valence-electron chi connectivity index (χ4n) is 4.57. The highest BCUT2D eigenvalue weighted by Gasteiger charge is 2.35. The Bertz CT molecular complexity index is 915. The lowest BCUT2D eigenvalue weighted by molar-refractivity contribution is -0.169. The van der Waals surface area contributed by atoms with Crippen molar-refractivity contribution in [2.75, 3.05) is 0 Å². The molecule has 7 heteroatoms. The van der Waals surface area contributed by atoms with E-state index >= 15 is 0 Å². The average molecular weight is 467 g/mol. The standard InChI is InChI=1S/C27H34N2O5/c1-2-11-24(29(33)19-30)23(18-20-12-5-3-6-13-20)26(31)28-25(21-14-7-4-8-15-21)27(32)34-22-16-9-10-17-22/h3-8,12-15,19,22-25,33H,2,9-11,16-18H2,1H3,(H,28,31). The predicted molar refractivity (Wildman–Crippen MR) is 128 cm³/mol. The van der Waals surface area contributed by atoms with Crippen LogP contribution in [0.5, 0.6) is 0 Å². The van der Waals surface area contributed by atoms with E-state index in [1.54, 1.807) is 24.3 Å².